The minimum atomic E-state index is -1.17. The third-order valence-electron chi connectivity index (χ3n) is 1.85. The molecule has 2 amide bonds. The van der Waals surface area contributed by atoms with Gasteiger partial charge in [0.25, 0.3) is 0 Å². The summed E-state index contributed by atoms with van der Waals surface area (Å²) in [6.45, 7) is 0.0240. The number of carboxylic acids is 1. The highest BCUT2D eigenvalue weighted by Gasteiger charge is 2.19. The zero-order valence-corrected chi connectivity index (χ0v) is 9.17. The molecule has 0 saturated heterocycles. The van der Waals surface area contributed by atoms with Crippen molar-refractivity contribution in [1.82, 2.24) is 15.8 Å². The number of aliphatic carboxylic acids is 1. The third kappa shape index (κ3) is 4.51. The third-order valence-corrected chi connectivity index (χ3v) is 1.85. The summed E-state index contributed by atoms with van der Waals surface area (Å²) >= 11 is 0. The van der Waals surface area contributed by atoms with Crippen LogP contribution in [0.15, 0.2) is 16.8 Å². The Morgan fingerprint density at radius 3 is 2.94 bits per heavy atom. The van der Waals surface area contributed by atoms with Gasteiger partial charge in [-0.25, -0.2) is 9.59 Å². The molecule has 0 fully saturated rings. The summed E-state index contributed by atoms with van der Waals surface area (Å²) in [7, 11) is 1.35. The van der Waals surface area contributed by atoms with Gasteiger partial charge in [-0.1, -0.05) is 5.16 Å². The first-order valence-electron chi connectivity index (χ1n) is 4.79. The van der Waals surface area contributed by atoms with E-state index in [1.165, 1.54) is 13.3 Å². The lowest BCUT2D eigenvalue weighted by Crippen LogP contribution is -2.48. The maximum absolute atomic E-state index is 11.3. The fraction of sp³-hybridized carbons (Fsp3) is 0.444. The van der Waals surface area contributed by atoms with Crippen molar-refractivity contribution in [3.05, 3.63) is 18.0 Å². The molecule has 0 aliphatic rings. The van der Waals surface area contributed by atoms with E-state index in [0.717, 1.165) is 0 Å². The summed E-state index contributed by atoms with van der Waals surface area (Å²) in [5, 5.41) is 16.9. The SMILES string of the molecule is COCC(NC(=O)NCc1ccno1)C(=O)O. The van der Waals surface area contributed by atoms with E-state index < -0.39 is 18.0 Å². The summed E-state index contributed by atoms with van der Waals surface area (Å²) < 4.78 is 9.42. The van der Waals surface area contributed by atoms with E-state index in [4.69, 9.17) is 9.63 Å². The van der Waals surface area contributed by atoms with E-state index in [9.17, 15) is 9.59 Å². The molecular weight excluding hydrogens is 230 g/mol. The number of ether oxygens (including phenoxy) is 1. The number of carbonyl (C=O) groups is 2. The highest BCUT2D eigenvalue weighted by molar-refractivity contribution is 5.82. The molecular formula is C9H13N3O5. The molecule has 1 atom stereocenters. The van der Waals surface area contributed by atoms with Gasteiger partial charge < -0.3 is 25.0 Å². The molecule has 0 aliphatic heterocycles. The Hall–Kier alpha value is -2.09. The van der Waals surface area contributed by atoms with Gasteiger partial charge in [0, 0.05) is 13.2 Å². The van der Waals surface area contributed by atoms with E-state index in [1.807, 2.05) is 0 Å². The standard InChI is InChI=1S/C9H13N3O5/c1-16-5-7(8(13)14)12-9(15)10-4-6-2-3-11-17-6/h2-3,7H,4-5H2,1H3,(H,13,14)(H2,10,12,15). The van der Waals surface area contributed by atoms with Crippen LogP contribution in [-0.2, 0) is 16.1 Å². The number of methoxy groups -OCH3 is 1. The Morgan fingerprint density at radius 1 is 1.65 bits per heavy atom. The van der Waals surface area contributed by atoms with E-state index in [1.54, 1.807) is 6.07 Å². The van der Waals surface area contributed by atoms with Crippen LogP contribution in [0.5, 0.6) is 0 Å². The predicted molar refractivity (Wildman–Crippen MR) is 55.2 cm³/mol. The number of carbonyl (C=O) groups excluding carboxylic acids is 1. The quantitative estimate of drug-likeness (QED) is 0.625. The number of hydrogen-bond donors (Lipinski definition) is 3. The number of hydrogen-bond acceptors (Lipinski definition) is 5. The lowest BCUT2D eigenvalue weighted by Gasteiger charge is -2.13. The minimum absolute atomic E-state index is 0.106. The molecule has 1 heterocycles. The highest BCUT2D eigenvalue weighted by atomic mass is 16.5. The fourth-order valence-corrected chi connectivity index (χ4v) is 1.05. The van der Waals surface area contributed by atoms with Crippen molar-refractivity contribution in [3.8, 4) is 0 Å². The van der Waals surface area contributed by atoms with Crippen molar-refractivity contribution in [2.75, 3.05) is 13.7 Å². The molecule has 1 rings (SSSR count). The van der Waals surface area contributed by atoms with Crippen LogP contribution >= 0.6 is 0 Å². The molecule has 0 spiro atoms. The van der Waals surface area contributed by atoms with Gasteiger partial charge >= 0.3 is 12.0 Å². The minimum Gasteiger partial charge on any atom is -0.480 e. The van der Waals surface area contributed by atoms with Crippen LogP contribution in [0.1, 0.15) is 5.76 Å². The van der Waals surface area contributed by atoms with E-state index >= 15 is 0 Å². The van der Waals surface area contributed by atoms with Crippen molar-refractivity contribution < 1.29 is 24.0 Å². The predicted octanol–water partition coefficient (Wildman–Crippen LogP) is -0.427. The highest BCUT2D eigenvalue weighted by Crippen LogP contribution is 1.94. The maximum atomic E-state index is 11.3. The molecule has 1 aromatic heterocycles. The molecule has 3 N–H and O–H groups in total. The van der Waals surface area contributed by atoms with Crippen LogP contribution in [0.25, 0.3) is 0 Å². The number of aromatic nitrogens is 1. The number of nitrogens with zero attached hydrogens (tertiary/aromatic N) is 1. The Bertz CT molecular complexity index is 365. The molecule has 0 radical (unpaired) electrons. The van der Waals surface area contributed by atoms with Crippen LogP contribution in [0.3, 0.4) is 0 Å². The normalized spacial score (nSPS) is 11.8. The molecule has 0 aromatic carbocycles. The molecule has 1 aromatic rings. The topological polar surface area (TPSA) is 114 Å². The van der Waals surface area contributed by atoms with E-state index in [2.05, 4.69) is 20.5 Å². The second-order valence-electron chi connectivity index (χ2n) is 3.15. The second-order valence-corrected chi connectivity index (χ2v) is 3.15. The molecule has 8 heteroatoms. The van der Waals surface area contributed by atoms with Gasteiger partial charge in [-0.15, -0.1) is 0 Å². The monoisotopic (exact) mass is 243 g/mol. The van der Waals surface area contributed by atoms with Crippen molar-refractivity contribution >= 4 is 12.0 Å². The first kappa shape index (κ1) is 13.0. The van der Waals surface area contributed by atoms with E-state index in [0.29, 0.717) is 5.76 Å². The summed E-state index contributed by atoms with van der Waals surface area (Å²) in [6, 6.07) is -0.120. The largest absolute Gasteiger partial charge is 0.480 e. The zero-order chi connectivity index (χ0) is 12.7. The first-order valence-corrected chi connectivity index (χ1v) is 4.79. The van der Waals surface area contributed by atoms with Gasteiger partial charge in [0.2, 0.25) is 0 Å². The van der Waals surface area contributed by atoms with Crippen molar-refractivity contribution in [1.29, 1.82) is 0 Å². The Labute approximate surface area is 96.9 Å². The summed E-state index contributed by atoms with van der Waals surface area (Å²) in [5.41, 5.74) is 0. The van der Waals surface area contributed by atoms with Gasteiger partial charge in [-0.3, -0.25) is 0 Å². The summed E-state index contributed by atoms with van der Waals surface area (Å²) in [4.78, 5) is 22.0. The molecule has 17 heavy (non-hydrogen) atoms. The average Bonchev–Trinajstić information content (AvgIpc) is 2.78. The fourth-order valence-electron chi connectivity index (χ4n) is 1.05. The molecule has 0 aliphatic carbocycles. The van der Waals surface area contributed by atoms with Gasteiger partial charge in [-0.2, -0.15) is 0 Å². The Morgan fingerprint density at radius 2 is 2.41 bits per heavy atom. The lowest BCUT2D eigenvalue weighted by molar-refractivity contribution is -0.140. The van der Waals surface area contributed by atoms with Crippen LogP contribution in [0, 0.1) is 0 Å². The van der Waals surface area contributed by atoms with Crippen LogP contribution in [0.2, 0.25) is 0 Å². The van der Waals surface area contributed by atoms with Crippen LogP contribution in [-0.4, -0.2) is 42.0 Å². The zero-order valence-electron chi connectivity index (χ0n) is 9.17. The van der Waals surface area contributed by atoms with E-state index in [-0.39, 0.29) is 13.2 Å². The number of nitrogens with one attached hydrogen (secondary N) is 2. The summed E-state index contributed by atoms with van der Waals surface area (Å²) in [5.74, 6) is -0.694. The van der Waals surface area contributed by atoms with Gasteiger partial charge in [-0.05, 0) is 0 Å². The van der Waals surface area contributed by atoms with Gasteiger partial charge in [0.05, 0.1) is 19.3 Å². The second kappa shape index (κ2) is 6.48. The molecule has 0 bridgehead atoms. The van der Waals surface area contributed by atoms with Crippen molar-refractivity contribution in [3.63, 3.8) is 0 Å². The maximum Gasteiger partial charge on any atom is 0.328 e. The van der Waals surface area contributed by atoms with Crippen LogP contribution < -0.4 is 10.6 Å². The molecule has 8 nitrogen and oxygen atoms in total. The Kier molecular flexibility index (Phi) is 4.95. The smallest absolute Gasteiger partial charge is 0.328 e. The van der Waals surface area contributed by atoms with Gasteiger partial charge in [0.15, 0.2) is 11.8 Å². The molecule has 94 valence electrons. The molecule has 0 saturated carbocycles. The lowest BCUT2D eigenvalue weighted by atomic mass is 10.3. The number of amides is 2. The van der Waals surface area contributed by atoms with Crippen molar-refractivity contribution in [2.45, 2.75) is 12.6 Å². The Balaban J connectivity index is 2.34. The van der Waals surface area contributed by atoms with Crippen LogP contribution in [0.4, 0.5) is 4.79 Å². The number of rotatable bonds is 6. The molecule has 1 unspecified atom stereocenters. The number of carboxylic acid groups (broad SMARTS) is 1. The average molecular weight is 243 g/mol. The number of urea groups is 1. The first-order chi connectivity index (χ1) is 8.13. The van der Waals surface area contributed by atoms with Gasteiger partial charge in [0.1, 0.15) is 0 Å². The van der Waals surface area contributed by atoms with Crippen molar-refractivity contribution in [2.24, 2.45) is 0 Å². The summed E-state index contributed by atoms with van der Waals surface area (Å²) in [6.07, 6.45) is 1.44.